The van der Waals surface area contributed by atoms with Gasteiger partial charge in [0.25, 0.3) is 5.91 Å². The van der Waals surface area contributed by atoms with Gasteiger partial charge in [0.2, 0.25) is 0 Å². The Balaban J connectivity index is 1.97. The summed E-state index contributed by atoms with van der Waals surface area (Å²) in [7, 11) is 1.28. The summed E-state index contributed by atoms with van der Waals surface area (Å²) in [6.07, 6.45) is -9.96. The lowest BCUT2D eigenvalue weighted by Crippen LogP contribution is -2.27. The molecule has 0 aromatic heterocycles. The molecule has 174 valence electrons. The van der Waals surface area contributed by atoms with Gasteiger partial charge in [-0.2, -0.15) is 26.3 Å². The molecule has 0 saturated heterocycles. The van der Waals surface area contributed by atoms with Gasteiger partial charge in [-0.05, 0) is 65.6 Å². The summed E-state index contributed by atoms with van der Waals surface area (Å²) in [4.78, 5) is 14.1. The van der Waals surface area contributed by atoms with Crippen LogP contribution in [0.4, 0.5) is 30.7 Å². The van der Waals surface area contributed by atoms with E-state index in [9.17, 15) is 35.5 Å². The van der Waals surface area contributed by atoms with Gasteiger partial charge in [0.15, 0.2) is 0 Å². The molecule has 2 nitrogen and oxygen atoms in total. The van der Waals surface area contributed by atoms with Crippen molar-refractivity contribution >= 4 is 5.91 Å². The fraction of sp³-hybridized carbons (Fsp3) is 0.208. The standard InChI is InChI=1S/C24H18F7NO/c1-14-9-18(25)7-8-19(14)20-5-3-4-6-21(20)22(33)32(2)13-15-10-16(23(26,27)28)12-17(11-15)24(29,30)31/h3-12H,13H2,1-2H3. The quantitative estimate of drug-likeness (QED) is 0.373. The maximum Gasteiger partial charge on any atom is 0.416 e. The van der Waals surface area contributed by atoms with Crippen LogP contribution >= 0.6 is 0 Å². The number of halogens is 7. The summed E-state index contributed by atoms with van der Waals surface area (Å²) in [5.41, 5.74) is -1.43. The lowest BCUT2D eigenvalue weighted by Gasteiger charge is -2.21. The molecule has 3 aromatic carbocycles. The van der Waals surface area contributed by atoms with Crippen molar-refractivity contribution in [3.63, 3.8) is 0 Å². The van der Waals surface area contributed by atoms with Crippen molar-refractivity contribution in [2.75, 3.05) is 7.05 Å². The average Bonchev–Trinajstić information content (AvgIpc) is 2.72. The predicted molar refractivity (Wildman–Crippen MR) is 109 cm³/mol. The summed E-state index contributed by atoms with van der Waals surface area (Å²) >= 11 is 0. The monoisotopic (exact) mass is 469 g/mol. The van der Waals surface area contributed by atoms with Gasteiger partial charge in [0.1, 0.15) is 5.82 Å². The zero-order valence-electron chi connectivity index (χ0n) is 17.5. The molecule has 0 saturated carbocycles. The molecule has 0 aliphatic carbocycles. The first-order valence-electron chi connectivity index (χ1n) is 9.67. The molecule has 0 heterocycles. The number of hydrogen-bond donors (Lipinski definition) is 0. The zero-order valence-corrected chi connectivity index (χ0v) is 17.5. The largest absolute Gasteiger partial charge is 0.416 e. The maximum absolute atomic E-state index is 13.5. The Bertz CT molecular complexity index is 1150. The minimum Gasteiger partial charge on any atom is -0.337 e. The van der Waals surface area contributed by atoms with Gasteiger partial charge in [-0.1, -0.05) is 24.3 Å². The SMILES string of the molecule is Cc1cc(F)ccc1-c1ccccc1C(=O)N(C)Cc1cc(C(F)(F)F)cc(C(F)(F)F)c1. The molecule has 3 rings (SSSR count). The van der Waals surface area contributed by atoms with Crippen LogP contribution in [0.1, 0.15) is 32.6 Å². The minimum atomic E-state index is -4.98. The number of amides is 1. The Morgan fingerprint density at radius 3 is 1.94 bits per heavy atom. The van der Waals surface area contributed by atoms with Crippen LogP contribution < -0.4 is 0 Å². The van der Waals surface area contributed by atoms with E-state index in [0.29, 0.717) is 28.8 Å². The number of rotatable bonds is 4. The van der Waals surface area contributed by atoms with Crippen LogP contribution in [0.15, 0.2) is 60.7 Å². The number of hydrogen-bond acceptors (Lipinski definition) is 1. The van der Waals surface area contributed by atoms with Gasteiger partial charge in [-0.25, -0.2) is 4.39 Å². The van der Waals surface area contributed by atoms with E-state index < -0.39 is 41.7 Å². The van der Waals surface area contributed by atoms with Crippen LogP contribution in [-0.2, 0) is 18.9 Å². The van der Waals surface area contributed by atoms with Crippen LogP contribution in [0.2, 0.25) is 0 Å². The first kappa shape index (κ1) is 24.3. The maximum atomic E-state index is 13.5. The van der Waals surface area contributed by atoms with Crippen molar-refractivity contribution < 1.29 is 35.5 Å². The van der Waals surface area contributed by atoms with E-state index >= 15 is 0 Å². The zero-order chi connectivity index (χ0) is 24.6. The molecule has 0 N–H and O–H groups in total. The average molecular weight is 469 g/mol. The molecule has 0 aliphatic rings. The van der Waals surface area contributed by atoms with E-state index in [-0.39, 0.29) is 17.2 Å². The Kier molecular flexibility index (Phi) is 6.53. The smallest absolute Gasteiger partial charge is 0.337 e. The molecule has 0 atom stereocenters. The molecule has 9 heteroatoms. The number of carbonyl (C=O) groups excluding carboxylic acids is 1. The van der Waals surface area contributed by atoms with Crippen molar-refractivity contribution in [1.29, 1.82) is 0 Å². The number of alkyl halides is 6. The predicted octanol–water partition coefficient (Wildman–Crippen LogP) is 7.11. The van der Waals surface area contributed by atoms with Gasteiger partial charge < -0.3 is 4.90 Å². The van der Waals surface area contributed by atoms with E-state index in [1.54, 1.807) is 25.1 Å². The van der Waals surface area contributed by atoms with Gasteiger partial charge in [-0.3, -0.25) is 4.79 Å². The molecule has 0 aliphatic heterocycles. The summed E-state index contributed by atoms with van der Waals surface area (Å²) in [5, 5.41) is 0. The van der Waals surface area contributed by atoms with E-state index in [1.807, 2.05) is 0 Å². The highest BCUT2D eigenvalue weighted by Crippen LogP contribution is 2.36. The van der Waals surface area contributed by atoms with Crippen LogP contribution in [0.3, 0.4) is 0 Å². The van der Waals surface area contributed by atoms with Crippen molar-refractivity contribution in [3.8, 4) is 11.1 Å². The Morgan fingerprint density at radius 2 is 1.39 bits per heavy atom. The molecular weight excluding hydrogens is 451 g/mol. The van der Waals surface area contributed by atoms with Gasteiger partial charge in [-0.15, -0.1) is 0 Å². The van der Waals surface area contributed by atoms with Gasteiger partial charge >= 0.3 is 12.4 Å². The third-order valence-electron chi connectivity index (χ3n) is 5.05. The molecule has 0 bridgehead atoms. The number of carbonyl (C=O) groups is 1. The molecule has 0 radical (unpaired) electrons. The second kappa shape index (κ2) is 8.88. The highest BCUT2D eigenvalue weighted by Gasteiger charge is 2.37. The second-order valence-electron chi connectivity index (χ2n) is 7.58. The van der Waals surface area contributed by atoms with E-state index in [1.165, 1.54) is 31.3 Å². The summed E-state index contributed by atoms with van der Waals surface area (Å²) in [6, 6.07) is 11.6. The normalized spacial score (nSPS) is 12.0. The third-order valence-corrected chi connectivity index (χ3v) is 5.05. The number of aryl methyl sites for hydroxylation is 1. The summed E-state index contributed by atoms with van der Waals surface area (Å²) in [5.74, 6) is -1.07. The van der Waals surface area contributed by atoms with Crippen LogP contribution in [0, 0.1) is 12.7 Å². The van der Waals surface area contributed by atoms with Gasteiger partial charge in [0, 0.05) is 19.2 Å². The first-order chi connectivity index (χ1) is 15.3. The van der Waals surface area contributed by atoms with Crippen molar-refractivity contribution in [2.24, 2.45) is 0 Å². The topological polar surface area (TPSA) is 20.3 Å². The second-order valence-corrected chi connectivity index (χ2v) is 7.58. The van der Waals surface area contributed by atoms with Crippen molar-refractivity contribution in [1.82, 2.24) is 4.90 Å². The number of benzene rings is 3. The van der Waals surface area contributed by atoms with E-state index in [4.69, 9.17) is 0 Å². The van der Waals surface area contributed by atoms with Crippen molar-refractivity contribution in [2.45, 2.75) is 25.8 Å². The van der Waals surface area contributed by atoms with Crippen LogP contribution in [-0.4, -0.2) is 17.9 Å². The molecule has 3 aromatic rings. The Morgan fingerprint density at radius 1 is 0.818 bits per heavy atom. The molecule has 33 heavy (non-hydrogen) atoms. The van der Waals surface area contributed by atoms with Crippen LogP contribution in [0.25, 0.3) is 11.1 Å². The fourth-order valence-electron chi connectivity index (χ4n) is 3.50. The number of nitrogens with zero attached hydrogens (tertiary/aromatic N) is 1. The van der Waals surface area contributed by atoms with Gasteiger partial charge in [0.05, 0.1) is 11.1 Å². The fourth-order valence-corrected chi connectivity index (χ4v) is 3.50. The first-order valence-corrected chi connectivity index (χ1v) is 9.67. The highest BCUT2D eigenvalue weighted by molar-refractivity contribution is 6.01. The third kappa shape index (κ3) is 5.53. The molecule has 0 spiro atoms. The molecular formula is C24H18F7NO. The van der Waals surface area contributed by atoms with Crippen LogP contribution in [0.5, 0.6) is 0 Å². The van der Waals surface area contributed by atoms with E-state index in [0.717, 1.165) is 4.90 Å². The Labute approximate surface area is 185 Å². The Hall–Kier alpha value is -3.36. The molecule has 0 unspecified atom stereocenters. The molecule has 1 amide bonds. The lowest BCUT2D eigenvalue weighted by atomic mass is 9.95. The van der Waals surface area contributed by atoms with E-state index in [2.05, 4.69) is 0 Å². The highest BCUT2D eigenvalue weighted by atomic mass is 19.4. The molecule has 0 fully saturated rings. The lowest BCUT2D eigenvalue weighted by molar-refractivity contribution is -0.143. The minimum absolute atomic E-state index is 0.0396. The van der Waals surface area contributed by atoms with Crippen molar-refractivity contribution in [3.05, 3.63) is 94.3 Å². The summed E-state index contributed by atoms with van der Waals surface area (Å²) < 4.78 is 92.3. The summed E-state index contributed by atoms with van der Waals surface area (Å²) in [6.45, 7) is 1.17.